The molecule has 0 bridgehead atoms. The normalized spacial score (nSPS) is 16.9. The summed E-state index contributed by atoms with van der Waals surface area (Å²) in [5.41, 5.74) is 1.08. The smallest absolute Gasteiger partial charge is 0.119 e. The lowest BCUT2D eigenvalue weighted by Gasteiger charge is -2.23. The first-order valence-corrected chi connectivity index (χ1v) is 7.63. The van der Waals surface area contributed by atoms with Gasteiger partial charge in [-0.05, 0) is 78.9 Å². The van der Waals surface area contributed by atoms with Gasteiger partial charge in [-0.25, -0.2) is 0 Å². The summed E-state index contributed by atoms with van der Waals surface area (Å²) >= 11 is 3.50. The Bertz CT molecular complexity index is 591. The van der Waals surface area contributed by atoms with Crippen molar-refractivity contribution in [2.75, 3.05) is 13.1 Å². The van der Waals surface area contributed by atoms with E-state index in [0.29, 0.717) is 11.7 Å². The number of phenolic OH excluding ortho intramolecular Hbond substituents is 1. The van der Waals surface area contributed by atoms with E-state index in [9.17, 15) is 5.11 Å². The Morgan fingerprint density at radius 2 is 1.89 bits per heavy atom. The molecular weight excluding hydrogens is 302 g/mol. The number of aromatic hydroxyl groups is 1. The molecule has 0 aromatic heterocycles. The molecule has 2 aromatic rings. The number of rotatable bonds is 2. The summed E-state index contributed by atoms with van der Waals surface area (Å²) in [6.45, 7) is 2.20. The average molecular weight is 320 g/mol. The topological polar surface area (TPSA) is 32.3 Å². The number of benzene rings is 2. The first-order valence-electron chi connectivity index (χ1n) is 6.84. The summed E-state index contributed by atoms with van der Waals surface area (Å²) in [6.07, 6.45) is 3.39. The molecule has 0 spiro atoms. The van der Waals surface area contributed by atoms with Crippen LogP contribution in [0, 0.1) is 5.92 Å². The van der Waals surface area contributed by atoms with Gasteiger partial charge < -0.3 is 10.4 Å². The molecule has 3 heteroatoms. The molecule has 0 saturated carbocycles. The molecule has 3 rings (SSSR count). The largest absolute Gasteiger partial charge is 0.508 e. The number of fused-ring (bicyclic) bond motifs is 1. The fourth-order valence-electron chi connectivity index (χ4n) is 2.86. The highest BCUT2D eigenvalue weighted by atomic mass is 79.9. The molecule has 2 nitrogen and oxygen atoms in total. The minimum Gasteiger partial charge on any atom is -0.508 e. The van der Waals surface area contributed by atoms with E-state index < -0.39 is 0 Å². The molecule has 100 valence electrons. The van der Waals surface area contributed by atoms with E-state index in [4.69, 9.17) is 0 Å². The van der Waals surface area contributed by atoms with Crippen LogP contribution in [0.2, 0.25) is 0 Å². The van der Waals surface area contributed by atoms with Crippen LogP contribution in [0.25, 0.3) is 10.8 Å². The lowest BCUT2D eigenvalue weighted by atomic mass is 9.90. The van der Waals surface area contributed by atoms with Gasteiger partial charge in [-0.3, -0.25) is 0 Å². The van der Waals surface area contributed by atoms with E-state index in [1.807, 2.05) is 18.2 Å². The minimum absolute atomic E-state index is 0.438. The Morgan fingerprint density at radius 3 is 2.68 bits per heavy atom. The molecule has 0 unspecified atom stereocenters. The highest BCUT2D eigenvalue weighted by molar-refractivity contribution is 9.10. The molecule has 1 fully saturated rings. The van der Waals surface area contributed by atoms with Crippen molar-refractivity contribution in [2.24, 2.45) is 5.92 Å². The number of phenols is 1. The Labute approximate surface area is 122 Å². The van der Waals surface area contributed by atoms with E-state index in [-0.39, 0.29) is 0 Å². The maximum atomic E-state index is 10.2. The maximum absolute atomic E-state index is 10.2. The molecule has 0 aliphatic carbocycles. The third-order valence-electron chi connectivity index (χ3n) is 3.97. The maximum Gasteiger partial charge on any atom is 0.119 e. The lowest BCUT2D eigenvalue weighted by molar-refractivity contribution is 0.366. The van der Waals surface area contributed by atoms with Crippen molar-refractivity contribution in [3.63, 3.8) is 0 Å². The predicted octanol–water partition coefficient (Wildman–Crippen LogP) is 3.85. The SMILES string of the molecule is Oc1cc2ccc(Br)cc2cc1CC1CCNCC1. The van der Waals surface area contributed by atoms with Crippen LogP contribution in [0.15, 0.2) is 34.8 Å². The van der Waals surface area contributed by atoms with E-state index in [1.165, 1.54) is 18.2 Å². The zero-order chi connectivity index (χ0) is 13.2. The molecule has 1 saturated heterocycles. The van der Waals surface area contributed by atoms with Crippen LogP contribution >= 0.6 is 15.9 Å². The van der Waals surface area contributed by atoms with Gasteiger partial charge in [-0.2, -0.15) is 0 Å². The van der Waals surface area contributed by atoms with E-state index in [0.717, 1.165) is 34.9 Å². The van der Waals surface area contributed by atoms with Gasteiger partial charge in [-0.15, -0.1) is 0 Å². The molecule has 1 aliphatic rings. The molecule has 19 heavy (non-hydrogen) atoms. The monoisotopic (exact) mass is 319 g/mol. The zero-order valence-electron chi connectivity index (χ0n) is 10.8. The van der Waals surface area contributed by atoms with Crippen LogP contribution in [0.5, 0.6) is 5.75 Å². The van der Waals surface area contributed by atoms with Crippen molar-refractivity contribution in [3.8, 4) is 5.75 Å². The third kappa shape index (κ3) is 2.93. The molecule has 2 aromatic carbocycles. The van der Waals surface area contributed by atoms with Gasteiger partial charge in [0.1, 0.15) is 5.75 Å². The van der Waals surface area contributed by atoms with Crippen molar-refractivity contribution in [3.05, 3.63) is 40.4 Å². The number of hydrogen-bond acceptors (Lipinski definition) is 2. The van der Waals surface area contributed by atoms with Crippen LogP contribution < -0.4 is 5.32 Å². The minimum atomic E-state index is 0.438. The van der Waals surface area contributed by atoms with Gasteiger partial charge in [0.15, 0.2) is 0 Å². The lowest BCUT2D eigenvalue weighted by Crippen LogP contribution is -2.28. The Balaban J connectivity index is 1.91. The summed E-state index contributed by atoms with van der Waals surface area (Å²) in [5, 5.41) is 15.8. The summed E-state index contributed by atoms with van der Waals surface area (Å²) < 4.78 is 1.08. The standard InChI is InChI=1S/C16H18BrNO/c17-15-2-1-12-10-16(19)14(8-13(12)9-15)7-11-3-5-18-6-4-11/h1-2,8-11,18-19H,3-7H2. The van der Waals surface area contributed by atoms with Crippen molar-refractivity contribution < 1.29 is 5.11 Å². The van der Waals surface area contributed by atoms with Crippen LogP contribution in [0.1, 0.15) is 18.4 Å². The van der Waals surface area contributed by atoms with Gasteiger partial charge in [0, 0.05) is 4.47 Å². The van der Waals surface area contributed by atoms with Gasteiger partial charge in [0.2, 0.25) is 0 Å². The molecular formula is C16H18BrNO. The van der Waals surface area contributed by atoms with Crippen molar-refractivity contribution in [2.45, 2.75) is 19.3 Å². The Kier molecular flexibility index (Phi) is 3.76. The second kappa shape index (κ2) is 5.51. The van der Waals surface area contributed by atoms with Crippen LogP contribution in [-0.4, -0.2) is 18.2 Å². The Morgan fingerprint density at radius 1 is 1.11 bits per heavy atom. The second-order valence-corrected chi connectivity index (χ2v) is 6.29. The van der Waals surface area contributed by atoms with E-state index in [1.54, 1.807) is 0 Å². The number of hydrogen-bond donors (Lipinski definition) is 2. The molecule has 0 atom stereocenters. The van der Waals surface area contributed by atoms with Crippen LogP contribution in [-0.2, 0) is 6.42 Å². The highest BCUT2D eigenvalue weighted by Gasteiger charge is 2.15. The van der Waals surface area contributed by atoms with Crippen molar-refractivity contribution >= 4 is 26.7 Å². The quantitative estimate of drug-likeness (QED) is 0.881. The van der Waals surface area contributed by atoms with E-state index in [2.05, 4.69) is 33.4 Å². The summed E-state index contributed by atoms with van der Waals surface area (Å²) in [5.74, 6) is 1.13. The number of halogens is 1. The van der Waals surface area contributed by atoms with Crippen molar-refractivity contribution in [1.82, 2.24) is 5.32 Å². The van der Waals surface area contributed by atoms with Crippen LogP contribution in [0.3, 0.4) is 0 Å². The van der Waals surface area contributed by atoms with Gasteiger partial charge in [0.25, 0.3) is 0 Å². The molecule has 2 N–H and O–H groups in total. The summed E-state index contributed by atoms with van der Waals surface area (Å²) in [7, 11) is 0. The summed E-state index contributed by atoms with van der Waals surface area (Å²) in [6, 6.07) is 10.2. The number of nitrogens with one attached hydrogen (secondary N) is 1. The molecule has 1 aliphatic heterocycles. The zero-order valence-corrected chi connectivity index (χ0v) is 12.4. The molecule has 0 radical (unpaired) electrons. The molecule has 1 heterocycles. The van der Waals surface area contributed by atoms with E-state index >= 15 is 0 Å². The average Bonchev–Trinajstić information content (AvgIpc) is 2.41. The van der Waals surface area contributed by atoms with Crippen LogP contribution in [0.4, 0.5) is 0 Å². The highest BCUT2D eigenvalue weighted by Crippen LogP contribution is 2.30. The fraction of sp³-hybridized carbons (Fsp3) is 0.375. The first-order chi connectivity index (χ1) is 9.22. The number of piperidine rings is 1. The van der Waals surface area contributed by atoms with Crippen molar-refractivity contribution in [1.29, 1.82) is 0 Å². The van der Waals surface area contributed by atoms with Gasteiger partial charge in [-0.1, -0.05) is 22.0 Å². The third-order valence-corrected chi connectivity index (χ3v) is 4.46. The second-order valence-electron chi connectivity index (χ2n) is 5.37. The summed E-state index contributed by atoms with van der Waals surface area (Å²) in [4.78, 5) is 0. The molecule has 0 amide bonds. The van der Waals surface area contributed by atoms with Gasteiger partial charge >= 0.3 is 0 Å². The predicted molar refractivity (Wildman–Crippen MR) is 82.6 cm³/mol. The fourth-order valence-corrected chi connectivity index (χ4v) is 3.24. The van der Waals surface area contributed by atoms with Gasteiger partial charge in [0.05, 0.1) is 0 Å². The first kappa shape index (κ1) is 12.9. The Hall–Kier alpha value is -1.06.